The number of carbonyl (C=O) groups excluding carboxylic acids is 1. The van der Waals surface area contributed by atoms with Crippen molar-refractivity contribution in [1.29, 1.82) is 0 Å². The molecule has 7 heteroatoms. The molecule has 2 aliphatic carbocycles. The molecule has 2 saturated carbocycles. The quantitative estimate of drug-likeness (QED) is 0.198. The van der Waals surface area contributed by atoms with E-state index in [9.17, 15) is 4.79 Å². The van der Waals surface area contributed by atoms with Crippen molar-refractivity contribution >= 4 is 29.3 Å². The van der Waals surface area contributed by atoms with Crippen molar-refractivity contribution in [2.75, 3.05) is 0 Å². The van der Waals surface area contributed by atoms with E-state index in [0.29, 0.717) is 17.3 Å². The molecule has 0 bridgehead atoms. The van der Waals surface area contributed by atoms with Crippen molar-refractivity contribution in [2.45, 2.75) is 44.9 Å². The third-order valence-electron chi connectivity index (χ3n) is 6.67. The van der Waals surface area contributed by atoms with Crippen molar-refractivity contribution in [3.63, 3.8) is 0 Å². The summed E-state index contributed by atoms with van der Waals surface area (Å²) in [6.07, 6.45) is 11.9. The number of Topliss-reactive ketones (excluding diaryl/α,β-unsaturated/α-hetero) is 1. The van der Waals surface area contributed by atoms with Gasteiger partial charge in [0.2, 0.25) is 0 Å². The van der Waals surface area contributed by atoms with Crippen molar-refractivity contribution in [3.8, 4) is 0 Å². The molecule has 0 saturated heterocycles. The molecule has 0 N–H and O–H groups in total. The minimum atomic E-state index is 0.120. The Hall–Kier alpha value is -3.79. The average Bonchev–Trinajstić information content (AvgIpc) is 2.85. The molecule has 2 aromatic rings. The Labute approximate surface area is 193 Å². The highest BCUT2D eigenvalue weighted by Crippen LogP contribution is 2.42. The summed E-state index contributed by atoms with van der Waals surface area (Å²) in [5.74, 6) is 0.954. The van der Waals surface area contributed by atoms with E-state index in [1.54, 1.807) is 24.3 Å². The van der Waals surface area contributed by atoms with E-state index in [4.69, 9.17) is 11.1 Å². The summed E-state index contributed by atoms with van der Waals surface area (Å²) in [5, 5.41) is 7.24. The Morgan fingerprint density at radius 3 is 1.85 bits per heavy atom. The molecule has 2 aliphatic rings. The Balaban J connectivity index is 1.66. The number of ketones is 1. The number of carbonyl (C=O) groups is 1. The number of allylic oxidation sites excluding steroid dienone is 2. The number of hydrogen-bond donors (Lipinski definition) is 0. The Morgan fingerprint density at radius 1 is 0.758 bits per heavy atom. The number of nitrogens with zero attached hydrogens (tertiary/aromatic N) is 6. The number of hydrogen-bond acceptors (Lipinski definition) is 3. The van der Waals surface area contributed by atoms with Gasteiger partial charge in [-0.05, 0) is 71.9 Å². The van der Waals surface area contributed by atoms with Gasteiger partial charge in [0.05, 0.1) is 0 Å². The minimum absolute atomic E-state index is 0.120. The zero-order valence-corrected chi connectivity index (χ0v) is 18.5. The first kappa shape index (κ1) is 22.4. The van der Waals surface area contributed by atoms with E-state index < -0.39 is 0 Å². The summed E-state index contributed by atoms with van der Waals surface area (Å²) in [6, 6.07) is 14.6. The summed E-state index contributed by atoms with van der Waals surface area (Å²) in [6.45, 7) is 0. The standard InChI is InChI=1S/C26H26N6O/c27-31-29-22-11-6-18(7-12-22)16-21-10-15-24(20-4-2-1-3-5-20)25(26(21)33)17-19-8-13-23(14-9-19)30-32-28/h6-9,11-14,16-17,20,24H,1-5,10,15H2. The molecule has 1 unspecified atom stereocenters. The van der Waals surface area contributed by atoms with Gasteiger partial charge in [0.15, 0.2) is 5.78 Å². The van der Waals surface area contributed by atoms with Crippen LogP contribution in [0.15, 0.2) is 69.9 Å². The molecule has 0 aromatic heterocycles. The summed E-state index contributed by atoms with van der Waals surface area (Å²) in [4.78, 5) is 19.3. The van der Waals surface area contributed by atoms with E-state index in [2.05, 4.69) is 20.1 Å². The molecule has 0 spiro atoms. The van der Waals surface area contributed by atoms with Gasteiger partial charge < -0.3 is 0 Å². The highest BCUT2D eigenvalue weighted by Gasteiger charge is 2.34. The molecule has 0 radical (unpaired) electrons. The molecule has 2 aromatic carbocycles. The molecule has 166 valence electrons. The normalized spacial score (nSPS) is 21.5. The molecule has 4 rings (SSSR count). The first-order valence-electron chi connectivity index (χ1n) is 11.4. The van der Waals surface area contributed by atoms with Gasteiger partial charge >= 0.3 is 0 Å². The summed E-state index contributed by atoms with van der Waals surface area (Å²) < 4.78 is 0. The molecule has 0 amide bonds. The number of benzene rings is 2. The van der Waals surface area contributed by atoms with Crippen LogP contribution in [0.2, 0.25) is 0 Å². The summed E-state index contributed by atoms with van der Waals surface area (Å²) >= 11 is 0. The van der Waals surface area contributed by atoms with Gasteiger partial charge in [0.1, 0.15) is 0 Å². The lowest BCUT2D eigenvalue weighted by molar-refractivity contribution is -0.113. The lowest BCUT2D eigenvalue weighted by atomic mass is 9.69. The second-order valence-electron chi connectivity index (χ2n) is 8.70. The zero-order chi connectivity index (χ0) is 23.0. The van der Waals surface area contributed by atoms with E-state index in [-0.39, 0.29) is 11.7 Å². The van der Waals surface area contributed by atoms with Gasteiger partial charge in [-0.2, -0.15) is 0 Å². The van der Waals surface area contributed by atoms with Crippen LogP contribution in [0.1, 0.15) is 56.1 Å². The smallest absolute Gasteiger partial charge is 0.185 e. The van der Waals surface area contributed by atoms with Crippen LogP contribution in [0.3, 0.4) is 0 Å². The van der Waals surface area contributed by atoms with Gasteiger partial charge in [0.25, 0.3) is 0 Å². The number of rotatable bonds is 5. The first-order chi connectivity index (χ1) is 16.2. The molecule has 2 fully saturated rings. The highest BCUT2D eigenvalue weighted by atomic mass is 16.1. The maximum atomic E-state index is 13.7. The third-order valence-corrected chi connectivity index (χ3v) is 6.67. The van der Waals surface area contributed by atoms with Crippen LogP contribution in [0.25, 0.3) is 33.0 Å². The van der Waals surface area contributed by atoms with Gasteiger partial charge in [0, 0.05) is 32.3 Å². The van der Waals surface area contributed by atoms with Crippen LogP contribution >= 0.6 is 0 Å². The van der Waals surface area contributed by atoms with Gasteiger partial charge in [-0.1, -0.05) is 78.0 Å². The largest absolute Gasteiger partial charge is 0.289 e. The van der Waals surface area contributed by atoms with Crippen molar-refractivity contribution in [2.24, 2.45) is 22.1 Å². The molecule has 0 heterocycles. The lowest BCUT2D eigenvalue weighted by Crippen LogP contribution is -2.28. The predicted molar refractivity (Wildman–Crippen MR) is 131 cm³/mol. The topological polar surface area (TPSA) is 115 Å². The van der Waals surface area contributed by atoms with E-state index in [1.807, 2.05) is 36.4 Å². The van der Waals surface area contributed by atoms with E-state index >= 15 is 0 Å². The van der Waals surface area contributed by atoms with E-state index in [1.165, 1.54) is 32.1 Å². The van der Waals surface area contributed by atoms with Crippen molar-refractivity contribution in [3.05, 3.63) is 91.7 Å². The summed E-state index contributed by atoms with van der Waals surface area (Å²) in [5.41, 5.74) is 21.9. The van der Waals surface area contributed by atoms with Crippen molar-refractivity contribution < 1.29 is 4.79 Å². The monoisotopic (exact) mass is 438 g/mol. The molecular weight excluding hydrogens is 412 g/mol. The number of azide groups is 2. The van der Waals surface area contributed by atoms with Gasteiger partial charge in [-0.15, -0.1) is 0 Å². The highest BCUT2D eigenvalue weighted by molar-refractivity contribution is 6.14. The Kier molecular flexibility index (Phi) is 7.26. The Morgan fingerprint density at radius 2 is 1.30 bits per heavy atom. The fourth-order valence-electron chi connectivity index (χ4n) is 5.03. The third kappa shape index (κ3) is 5.53. The maximum Gasteiger partial charge on any atom is 0.185 e. The van der Waals surface area contributed by atoms with Crippen LogP contribution in [0, 0.1) is 11.8 Å². The molecule has 1 atom stereocenters. The molecule has 33 heavy (non-hydrogen) atoms. The fraction of sp³-hybridized carbons (Fsp3) is 0.346. The molecular formula is C26H26N6O. The Bertz CT molecular complexity index is 1160. The van der Waals surface area contributed by atoms with Crippen LogP contribution in [0.4, 0.5) is 11.4 Å². The minimum Gasteiger partial charge on any atom is -0.289 e. The van der Waals surface area contributed by atoms with Crippen molar-refractivity contribution in [1.82, 2.24) is 0 Å². The first-order valence-corrected chi connectivity index (χ1v) is 11.4. The predicted octanol–water partition coefficient (Wildman–Crippen LogP) is 8.60. The fourth-order valence-corrected chi connectivity index (χ4v) is 5.03. The second-order valence-corrected chi connectivity index (χ2v) is 8.70. The van der Waals surface area contributed by atoms with Crippen LogP contribution < -0.4 is 0 Å². The molecule has 0 aliphatic heterocycles. The van der Waals surface area contributed by atoms with Crippen LogP contribution in [-0.2, 0) is 4.79 Å². The summed E-state index contributed by atoms with van der Waals surface area (Å²) in [7, 11) is 0. The SMILES string of the molecule is [N-]=[N+]=Nc1ccc(C=C2CCC(C3CCCCC3)C(=Cc3ccc(N=[N+]=[N-])cc3)C2=O)cc1. The van der Waals surface area contributed by atoms with Crippen LogP contribution in [-0.4, -0.2) is 5.78 Å². The second kappa shape index (κ2) is 10.7. The van der Waals surface area contributed by atoms with Gasteiger partial charge in [-0.3, -0.25) is 4.79 Å². The molecule has 7 nitrogen and oxygen atoms in total. The lowest BCUT2D eigenvalue weighted by Gasteiger charge is -2.35. The zero-order valence-electron chi connectivity index (χ0n) is 18.5. The average molecular weight is 439 g/mol. The van der Waals surface area contributed by atoms with Gasteiger partial charge in [-0.25, -0.2) is 0 Å². The van der Waals surface area contributed by atoms with Crippen LogP contribution in [0.5, 0.6) is 0 Å². The van der Waals surface area contributed by atoms with E-state index in [0.717, 1.165) is 35.1 Å². The maximum absolute atomic E-state index is 13.7.